The molecule has 2 fully saturated rings. The van der Waals surface area contributed by atoms with E-state index in [1.807, 2.05) is 0 Å². The number of halogens is 1. The molecular weight excluding hydrogens is 611 g/mol. The van der Waals surface area contributed by atoms with Crippen LogP contribution in [0.4, 0.5) is 14.0 Å². The number of nitrogens with one attached hydrogen (secondary N) is 2. The van der Waals surface area contributed by atoms with Crippen molar-refractivity contribution in [2.24, 2.45) is 5.10 Å². The number of rotatable bonds is 9. The molecule has 2 saturated heterocycles. The van der Waals surface area contributed by atoms with Gasteiger partial charge in [0.05, 0.1) is 19.3 Å². The molecule has 14 nitrogen and oxygen atoms in total. The van der Waals surface area contributed by atoms with Gasteiger partial charge in [-0.3, -0.25) is 19.3 Å². The molecule has 0 radical (unpaired) electrons. The van der Waals surface area contributed by atoms with Gasteiger partial charge in [-0.2, -0.15) is 5.10 Å². The van der Waals surface area contributed by atoms with Gasteiger partial charge in [0.15, 0.2) is 0 Å². The van der Waals surface area contributed by atoms with E-state index in [1.165, 1.54) is 43.1 Å². The van der Waals surface area contributed by atoms with Gasteiger partial charge >= 0.3 is 24.0 Å². The molecule has 0 aromatic heterocycles. The van der Waals surface area contributed by atoms with Crippen molar-refractivity contribution in [1.82, 2.24) is 25.4 Å². The van der Waals surface area contributed by atoms with E-state index in [0.717, 1.165) is 14.8 Å². The van der Waals surface area contributed by atoms with E-state index in [2.05, 4.69) is 15.7 Å². The van der Waals surface area contributed by atoms with Crippen molar-refractivity contribution in [3.63, 3.8) is 0 Å². The summed E-state index contributed by atoms with van der Waals surface area (Å²) in [5.41, 5.74) is 0.451. The van der Waals surface area contributed by atoms with Gasteiger partial charge in [0, 0.05) is 23.8 Å². The fourth-order valence-corrected chi connectivity index (χ4v) is 6.23. The zero-order valence-electron chi connectivity index (χ0n) is 23.7. The van der Waals surface area contributed by atoms with E-state index in [4.69, 9.17) is 4.74 Å². The van der Waals surface area contributed by atoms with Gasteiger partial charge in [0.2, 0.25) is 5.91 Å². The first kappa shape index (κ1) is 31.2. The monoisotopic (exact) mass is 638 g/mol. The summed E-state index contributed by atoms with van der Waals surface area (Å²) in [6.45, 7) is 0.863. The zero-order chi connectivity index (χ0) is 32.2. The lowest BCUT2D eigenvalue weighted by Crippen LogP contribution is -2.71. The van der Waals surface area contributed by atoms with Crippen LogP contribution in [0.3, 0.4) is 0 Å². The van der Waals surface area contributed by atoms with E-state index in [9.17, 15) is 38.3 Å². The molecule has 3 aliphatic heterocycles. The minimum Gasteiger partial charge on any atom is -0.477 e. The number of carboxylic acid groups (broad SMARTS) is 1. The number of hydrazone groups is 1. The zero-order valence-corrected chi connectivity index (χ0v) is 24.5. The third-order valence-corrected chi connectivity index (χ3v) is 8.47. The lowest BCUT2D eigenvalue weighted by Gasteiger charge is -2.49. The predicted molar refractivity (Wildman–Crippen MR) is 157 cm³/mol. The summed E-state index contributed by atoms with van der Waals surface area (Å²) in [5, 5.41) is 19.2. The van der Waals surface area contributed by atoms with Gasteiger partial charge < -0.3 is 20.5 Å². The normalized spacial score (nSPS) is 20.1. The number of fused-ring (bicyclic) bond motifs is 1. The quantitative estimate of drug-likeness (QED) is 0.209. The number of esters is 1. The summed E-state index contributed by atoms with van der Waals surface area (Å²) in [6.07, 6.45) is 1.17. The van der Waals surface area contributed by atoms with Crippen LogP contribution in [0.2, 0.25) is 0 Å². The number of carbonyl (C=O) groups is 6. The summed E-state index contributed by atoms with van der Waals surface area (Å²) in [6, 6.07) is 9.88. The Morgan fingerprint density at radius 1 is 1.11 bits per heavy atom. The number of nitrogens with zero attached hydrogens (tertiary/aromatic N) is 4. The largest absolute Gasteiger partial charge is 0.477 e. The van der Waals surface area contributed by atoms with Crippen LogP contribution in [-0.4, -0.2) is 98.8 Å². The van der Waals surface area contributed by atoms with E-state index >= 15 is 0 Å². The molecule has 0 aliphatic carbocycles. The van der Waals surface area contributed by atoms with Crippen LogP contribution in [0.5, 0.6) is 0 Å². The van der Waals surface area contributed by atoms with Crippen LogP contribution >= 0.6 is 11.8 Å². The Morgan fingerprint density at radius 2 is 1.82 bits per heavy atom. The van der Waals surface area contributed by atoms with Crippen molar-refractivity contribution in [1.29, 1.82) is 0 Å². The second kappa shape index (κ2) is 13.2. The molecule has 0 spiro atoms. The molecule has 0 saturated carbocycles. The number of carbonyl (C=O) groups excluding carboxylic acids is 5. The molecule has 16 heteroatoms. The molecule has 5 rings (SSSR count). The highest BCUT2D eigenvalue weighted by atomic mass is 32.2. The van der Waals surface area contributed by atoms with Crippen molar-refractivity contribution in [2.75, 3.05) is 25.4 Å². The summed E-state index contributed by atoms with van der Waals surface area (Å²) in [7, 11) is 0. The Balaban J connectivity index is 1.28. The van der Waals surface area contributed by atoms with Crippen LogP contribution in [0.15, 0.2) is 71.0 Å². The van der Waals surface area contributed by atoms with E-state index < -0.39 is 59.1 Å². The van der Waals surface area contributed by atoms with Gasteiger partial charge in [-0.25, -0.2) is 28.7 Å². The van der Waals surface area contributed by atoms with Gasteiger partial charge in [0.1, 0.15) is 35.6 Å². The van der Waals surface area contributed by atoms with Gasteiger partial charge in [0.25, 0.3) is 5.91 Å². The lowest BCUT2D eigenvalue weighted by atomic mass is 10.0. The molecule has 6 amide bonds. The van der Waals surface area contributed by atoms with Gasteiger partial charge in [-0.05, 0) is 11.6 Å². The number of aliphatic carboxylic acids is 1. The molecule has 3 atom stereocenters. The Morgan fingerprint density at radius 3 is 2.51 bits per heavy atom. The number of thioether (sulfide) groups is 1. The Kier molecular flexibility index (Phi) is 9.13. The predicted octanol–water partition coefficient (Wildman–Crippen LogP) is 1.65. The molecule has 3 N–H and O–H groups in total. The topological polar surface area (TPSA) is 178 Å². The third-order valence-electron chi connectivity index (χ3n) is 7.13. The minimum absolute atomic E-state index is 0.0313. The second-order valence-electron chi connectivity index (χ2n) is 10.1. The van der Waals surface area contributed by atoms with E-state index in [-0.39, 0.29) is 42.3 Å². The average Bonchev–Trinajstić information content (AvgIpc) is 3.40. The molecule has 234 valence electrons. The smallest absolute Gasteiger partial charge is 0.352 e. The summed E-state index contributed by atoms with van der Waals surface area (Å²) in [5.74, 6) is -3.82. The van der Waals surface area contributed by atoms with Crippen LogP contribution in [0, 0.1) is 5.82 Å². The molecule has 2 aromatic rings. The number of benzene rings is 2. The van der Waals surface area contributed by atoms with Crippen LogP contribution in [0.1, 0.15) is 24.1 Å². The SMILES string of the molecule is CC(=O)OCC1=C(C(=O)O)N2C(=O)C(NC(=O)[C@H](NC(=O)N3CCN(N=Cc4ccccc4F)C3=O)c3ccccc3)[C@H]2SC1. The third kappa shape index (κ3) is 6.50. The number of amides is 6. The molecule has 0 bridgehead atoms. The Labute approximate surface area is 259 Å². The van der Waals surface area contributed by atoms with Crippen molar-refractivity contribution in [2.45, 2.75) is 24.4 Å². The molecule has 2 aromatic carbocycles. The molecule has 1 unspecified atom stereocenters. The second-order valence-corrected chi connectivity index (χ2v) is 11.2. The molecular formula is C29H27FN6O8S. The first-order valence-electron chi connectivity index (χ1n) is 13.6. The summed E-state index contributed by atoms with van der Waals surface area (Å²) >= 11 is 1.19. The number of carboxylic acids is 1. The molecule has 45 heavy (non-hydrogen) atoms. The van der Waals surface area contributed by atoms with Crippen LogP contribution < -0.4 is 10.6 Å². The average molecular weight is 639 g/mol. The standard InChI is InChI=1S/C29H27FN6O8S/c1-16(37)44-14-19-15-45-26-22(25(39)36(26)23(19)27(40)41)32-24(38)21(17-7-3-2-4-8-17)33-28(42)34-11-12-35(29(34)43)31-13-18-9-5-6-10-20(18)30/h2-10,13,21-22,26H,11-12,14-15H2,1H3,(H,32,38)(H,33,42)(H,40,41)/t21-,22?,26-/m1/s1. The summed E-state index contributed by atoms with van der Waals surface area (Å²) < 4.78 is 18.9. The molecule has 3 heterocycles. The molecule has 3 aliphatic rings. The van der Waals surface area contributed by atoms with Gasteiger partial charge in [-0.1, -0.05) is 48.5 Å². The highest BCUT2D eigenvalue weighted by Gasteiger charge is 2.54. The fourth-order valence-electron chi connectivity index (χ4n) is 4.90. The first-order chi connectivity index (χ1) is 21.6. The van der Waals surface area contributed by atoms with Crippen LogP contribution in [-0.2, 0) is 23.9 Å². The van der Waals surface area contributed by atoms with E-state index in [1.54, 1.807) is 36.4 Å². The lowest BCUT2D eigenvalue weighted by molar-refractivity contribution is -0.151. The van der Waals surface area contributed by atoms with E-state index in [0.29, 0.717) is 5.56 Å². The highest BCUT2D eigenvalue weighted by Crippen LogP contribution is 2.40. The Hall–Kier alpha value is -5.25. The van der Waals surface area contributed by atoms with Crippen molar-refractivity contribution >= 4 is 53.8 Å². The number of ether oxygens (including phenoxy) is 1. The highest BCUT2D eigenvalue weighted by molar-refractivity contribution is 8.00. The van der Waals surface area contributed by atoms with Crippen molar-refractivity contribution < 1.29 is 43.0 Å². The maximum absolute atomic E-state index is 13.9. The number of imide groups is 1. The number of urea groups is 2. The maximum Gasteiger partial charge on any atom is 0.352 e. The summed E-state index contributed by atoms with van der Waals surface area (Å²) in [4.78, 5) is 77.9. The Bertz CT molecular complexity index is 1620. The van der Waals surface area contributed by atoms with Crippen LogP contribution in [0.25, 0.3) is 0 Å². The first-order valence-corrected chi connectivity index (χ1v) is 14.7. The van der Waals surface area contributed by atoms with Crippen molar-refractivity contribution in [3.8, 4) is 0 Å². The minimum atomic E-state index is -1.38. The number of hydrogen-bond acceptors (Lipinski definition) is 9. The van der Waals surface area contributed by atoms with Gasteiger partial charge in [-0.15, -0.1) is 11.8 Å². The fraction of sp³-hybridized carbons (Fsp3) is 0.276. The maximum atomic E-state index is 13.9. The van der Waals surface area contributed by atoms with Crippen molar-refractivity contribution in [3.05, 3.63) is 82.8 Å². The number of β-lactam (4-membered cyclic amide) rings is 1. The number of hydrogen-bond donors (Lipinski definition) is 3.